The Bertz CT molecular complexity index is 1030. The number of aromatic nitrogens is 2. The number of carbonyl (C=O) groups excluding carboxylic acids is 1. The van der Waals surface area contributed by atoms with Crippen molar-refractivity contribution < 1.29 is 9.53 Å². The van der Waals surface area contributed by atoms with Crippen molar-refractivity contribution in [2.75, 3.05) is 23.8 Å². The van der Waals surface area contributed by atoms with Gasteiger partial charge in [0.25, 0.3) is 5.56 Å². The molecule has 8 nitrogen and oxygen atoms in total. The van der Waals surface area contributed by atoms with Crippen LogP contribution in [-0.4, -0.2) is 28.7 Å². The number of pyridine rings is 1. The summed E-state index contributed by atoms with van der Waals surface area (Å²) in [6, 6.07) is 5.45. The van der Waals surface area contributed by atoms with E-state index in [1.807, 2.05) is 19.1 Å². The van der Waals surface area contributed by atoms with Gasteiger partial charge in [-0.15, -0.1) is 11.3 Å². The summed E-state index contributed by atoms with van der Waals surface area (Å²) >= 11 is 1.07. The Morgan fingerprint density at radius 2 is 2.22 bits per heavy atom. The monoisotopic (exact) mass is 387 g/mol. The average molecular weight is 387 g/mol. The molecule has 2 heterocycles. The maximum absolute atomic E-state index is 12.6. The van der Waals surface area contributed by atoms with Gasteiger partial charge >= 0.3 is 5.97 Å². The quantitative estimate of drug-likeness (QED) is 0.678. The van der Waals surface area contributed by atoms with Gasteiger partial charge in [-0.3, -0.25) is 9.36 Å². The van der Waals surface area contributed by atoms with E-state index in [4.69, 9.17) is 4.74 Å². The van der Waals surface area contributed by atoms with E-state index in [-0.39, 0.29) is 17.7 Å². The molecule has 0 saturated carbocycles. The molecule has 0 fully saturated rings. The van der Waals surface area contributed by atoms with Gasteiger partial charge in [0, 0.05) is 37.2 Å². The van der Waals surface area contributed by atoms with Gasteiger partial charge < -0.3 is 15.4 Å². The first-order valence-corrected chi connectivity index (χ1v) is 9.35. The maximum atomic E-state index is 12.6. The third kappa shape index (κ3) is 4.74. The third-order valence-corrected chi connectivity index (χ3v) is 4.65. The first-order chi connectivity index (χ1) is 13.0. The minimum atomic E-state index is -0.729. The number of thiazole rings is 1. The van der Waals surface area contributed by atoms with Gasteiger partial charge in [-0.2, -0.15) is 5.26 Å². The molecule has 142 valence electrons. The minimum absolute atomic E-state index is 0.155. The lowest BCUT2D eigenvalue weighted by Gasteiger charge is -2.04. The summed E-state index contributed by atoms with van der Waals surface area (Å²) in [7, 11) is 0. The summed E-state index contributed by atoms with van der Waals surface area (Å²) in [5.41, 5.74) is 0.315. The summed E-state index contributed by atoms with van der Waals surface area (Å²) in [6.07, 6.45) is 3.22. The van der Waals surface area contributed by atoms with E-state index in [1.54, 1.807) is 32.3 Å². The van der Waals surface area contributed by atoms with Gasteiger partial charge in [0.15, 0.2) is 5.57 Å². The summed E-state index contributed by atoms with van der Waals surface area (Å²) in [6.45, 7) is 6.65. The number of ether oxygens (including phenoxy) is 1. The van der Waals surface area contributed by atoms with Gasteiger partial charge in [0.2, 0.25) is 0 Å². The molecule has 0 radical (unpaired) electrons. The van der Waals surface area contributed by atoms with Crippen molar-refractivity contribution in [1.82, 2.24) is 9.55 Å². The van der Waals surface area contributed by atoms with Gasteiger partial charge in [-0.05, 0) is 26.8 Å². The molecule has 2 N–H and O–H groups in total. The van der Waals surface area contributed by atoms with Crippen LogP contribution in [0.5, 0.6) is 0 Å². The Balaban J connectivity index is 2.51. The van der Waals surface area contributed by atoms with Crippen LogP contribution in [0.1, 0.15) is 20.8 Å². The lowest BCUT2D eigenvalue weighted by molar-refractivity contribution is -0.136. The standard InChI is InChI=1S/C18H21N5O3S/c1-4-20-15-9-12(7-8-21-15)22-11-14-16(24)23(5-2)17(27-14)13(10-19)18(25)26-6-3/h7-9,11H,4-6H2,1-3H3,(H2,20,21,22)/b14-11+,17-13-. The van der Waals surface area contributed by atoms with E-state index >= 15 is 0 Å². The number of anilines is 2. The van der Waals surface area contributed by atoms with E-state index in [9.17, 15) is 14.9 Å². The zero-order valence-corrected chi connectivity index (χ0v) is 16.2. The molecular formula is C18H21N5O3S. The second-order valence-corrected chi connectivity index (χ2v) is 6.31. The van der Waals surface area contributed by atoms with Crippen LogP contribution in [0, 0.1) is 11.3 Å². The van der Waals surface area contributed by atoms with Crippen molar-refractivity contribution in [3.8, 4) is 6.07 Å². The fourth-order valence-corrected chi connectivity index (χ4v) is 3.40. The largest absolute Gasteiger partial charge is 0.462 e. The third-order valence-electron chi connectivity index (χ3n) is 3.52. The summed E-state index contributed by atoms with van der Waals surface area (Å²) in [5, 5.41) is 15.5. The molecule has 9 heteroatoms. The number of hydrogen-bond acceptors (Lipinski definition) is 8. The molecule has 2 rings (SSSR count). The smallest absolute Gasteiger partial charge is 0.351 e. The molecule has 2 aromatic heterocycles. The van der Waals surface area contributed by atoms with Gasteiger partial charge in [0.05, 0.1) is 6.61 Å². The van der Waals surface area contributed by atoms with Crippen LogP contribution >= 0.6 is 11.3 Å². The topological polar surface area (TPSA) is 109 Å². The molecule has 27 heavy (non-hydrogen) atoms. The SMILES string of the molecule is CCNc1cc(N/C=c2/s/c(=C(/C#N)C(=O)OCC)n(CC)c2=O)ccn1. The zero-order valence-electron chi connectivity index (χ0n) is 15.4. The molecular weight excluding hydrogens is 366 g/mol. The number of nitrogens with one attached hydrogen (secondary N) is 2. The summed E-state index contributed by atoms with van der Waals surface area (Å²) in [4.78, 5) is 28.8. The second-order valence-electron chi connectivity index (χ2n) is 5.28. The Hall–Kier alpha value is -3.12. The number of rotatable bonds is 7. The fraction of sp³-hybridized carbons (Fsp3) is 0.333. The van der Waals surface area contributed by atoms with E-state index in [0.29, 0.717) is 15.7 Å². The Morgan fingerprint density at radius 1 is 1.44 bits per heavy atom. The van der Waals surface area contributed by atoms with Crippen LogP contribution in [0.3, 0.4) is 0 Å². The molecule has 0 bridgehead atoms. The van der Waals surface area contributed by atoms with Crippen LogP contribution in [0.15, 0.2) is 23.1 Å². The van der Waals surface area contributed by atoms with Crippen molar-refractivity contribution in [2.45, 2.75) is 27.3 Å². The van der Waals surface area contributed by atoms with Gasteiger partial charge in [-0.1, -0.05) is 0 Å². The summed E-state index contributed by atoms with van der Waals surface area (Å²) < 4.78 is 6.98. The molecule has 0 amide bonds. The van der Waals surface area contributed by atoms with E-state index in [2.05, 4.69) is 15.6 Å². The molecule has 0 aliphatic rings. The number of hydrogen-bond donors (Lipinski definition) is 2. The van der Waals surface area contributed by atoms with Crippen molar-refractivity contribution in [2.24, 2.45) is 0 Å². The average Bonchev–Trinajstić information content (AvgIpc) is 2.97. The highest BCUT2D eigenvalue weighted by molar-refractivity contribution is 7.07. The van der Waals surface area contributed by atoms with Gasteiger partial charge in [0.1, 0.15) is 21.1 Å². The zero-order chi connectivity index (χ0) is 19.8. The van der Waals surface area contributed by atoms with Crippen LogP contribution in [0.25, 0.3) is 11.8 Å². The van der Waals surface area contributed by atoms with E-state index in [1.165, 1.54) is 4.57 Å². The highest BCUT2D eigenvalue weighted by atomic mass is 32.1. The van der Waals surface area contributed by atoms with Crippen molar-refractivity contribution in [1.29, 1.82) is 5.26 Å². The predicted octanol–water partition coefficient (Wildman–Crippen LogP) is 0.844. The molecule has 0 unspecified atom stereocenters. The normalized spacial score (nSPS) is 12.3. The summed E-state index contributed by atoms with van der Waals surface area (Å²) in [5.74, 6) is -0.0106. The van der Waals surface area contributed by atoms with Crippen LogP contribution in [-0.2, 0) is 16.1 Å². The molecule has 2 aromatic rings. The Morgan fingerprint density at radius 3 is 2.85 bits per heavy atom. The molecule has 0 atom stereocenters. The lowest BCUT2D eigenvalue weighted by atomic mass is 10.3. The molecule has 0 aromatic carbocycles. The fourth-order valence-electron chi connectivity index (χ4n) is 2.32. The first kappa shape index (κ1) is 20.2. The van der Waals surface area contributed by atoms with Crippen molar-refractivity contribution in [3.63, 3.8) is 0 Å². The van der Waals surface area contributed by atoms with Crippen molar-refractivity contribution in [3.05, 3.63) is 37.9 Å². The van der Waals surface area contributed by atoms with Crippen LogP contribution < -0.4 is 25.4 Å². The molecule has 0 aliphatic carbocycles. The van der Waals surface area contributed by atoms with E-state index in [0.717, 1.165) is 29.4 Å². The first-order valence-electron chi connectivity index (χ1n) is 8.53. The molecule has 0 saturated heterocycles. The van der Waals surface area contributed by atoms with E-state index < -0.39 is 5.97 Å². The Kier molecular flexibility index (Phi) is 7.14. The number of carbonyl (C=O) groups is 1. The number of nitriles is 1. The minimum Gasteiger partial charge on any atom is -0.462 e. The van der Waals surface area contributed by atoms with Crippen LogP contribution in [0.4, 0.5) is 11.5 Å². The number of esters is 1. The van der Waals surface area contributed by atoms with Crippen molar-refractivity contribution >= 4 is 40.6 Å². The van der Waals surface area contributed by atoms with Gasteiger partial charge in [-0.25, -0.2) is 9.78 Å². The Labute approximate surface area is 160 Å². The highest BCUT2D eigenvalue weighted by Crippen LogP contribution is 2.11. The lowest BCUT2D eigenvalue weighted by Crippen LogP contribution is -2.32. The van der Waals surface area contributed by atoms with Crippen LogP contribution in [0.2, 0.25) is 0 Å². The number of nitrogens with zero attached hydrogens (tertiary/aromatic N) is 3. The molecule has 0 aliphatic heterocycles. The highest BCUT2D eigenvalue weighted by Gasteiger charge is 2.16. The predicted molar refractivity (Wildman–Crippen MR) is 106 cm³/mol. The second kappa shape index (κ2) is 9.54. The maximum Gasteiger partial charge on any atom is 0.351 e. The molecule has 0 spiro atoms.